The minimum Gasteiger partial charge on any atom is -0.489 e. The van der Waals surface area contributed by atoms with Crippen molar-refractivity contribution >= 4 is 46.1 Å². The van der Waals surface area contributed by atoms with Crippen LogP contribution in [0.25, 0.3) is 10.9 Å². The molecule has 1 aromatic carbocycles. The van der Waals surface area contributed by atoms with Crippen LogP contribution in [-0.2, 0) is 39.8 Å². The zero-order chi connectivity index (χ0) is 39.1. The number of nitrogens with zero attached hydrogens (tertiary/aromatic N) is 2. The lowest BCUT2D eigenvalue weighted by Crippen LogP contribution is -2.45. The number of methoxy groups -OCH3 is 2. The van der Waals surface area contributed by atoms with Gasteiger partial charge in [-0.25, -0.2) is 0 Å². The van der Waals surface area contributed by atoms with Crippen LogP contribution in [0.2, 0.25) is 5.02 Å². The number of esters is 2. The van der Waals surface area contributed by atoms with E-state index in [1.807, 2.05) is 19.1 Å². The Morgan fingerprint density at radius 2 is 1.84 bits per heavy atom. The van der Waals surface area contributed by atoms with E-state index in [1.165, 1.54) is 13.5 Å². The Morgan fingerprint density at radius 1 is 1.04 bits per heavy atom. The number of carbonyl (C=O) groups excluding carboxylic acids is 4. The predicted octanol–water partition coefficient (Wildman–Crippen LogP) is 7.95. The molecule has 4 aliphatic carbocycles. The third-order valence-corrected chi connectivity index (χ3v) is 14.0. The van der Waals surface area contributed by atoms with Crippen molar-refractivity contribution in [2.24, 2.45) is 35.0 Å². The number of allylic oxidation sites excluding steroid dienone is 2. The molecule has 6 aliphatic rings. The molecular weight excluding hydrogens is 732 g/mol. The van der Waals surface area contributed by atoms with Crippen LogP contribution in [0.5, 0.6) is 5.75 Å². The molecule has 5 fully saturated rings. The predicted molar refractivity (Wildman–Crippen MR) is 211 cm³/mol. The van der Waals surface area contributed by atoms with Crippen molar-refractivity contribution < 1.29 is 38.1 Å². The van der Waals surface area contributed by atoms with E-state index in [9.17, 15) is 19.2 Å². The average molecular weight is 789 g/mol. The van der Waals surface area contributed by atoms with Gasteiger partial charge in [0, 0.05) is 43.0 Å². The number of hydrogen-bond acceptors (Lipinski definition) is 9. The minimum atomic E-state index is -0.904. The molecule has 8 atom stereocenters. The van der Waals surface area contributed by atoms with Crippen molar-refractivity contribution in [3.8, 4) is 5.75 Å². The van der Waals surface area contributed by atoms with Crippen LogP contribution >= 0.6 is 11.6 Å². The molecule has 2 aromatic rings. The van der Waals surface area contributed by atoms with Crippen LogP contribution in [0.1, 0.15) is 114 Å². The number of pyridine rings is 1. The van der Waals surface area contributed by atoms with Crippen molar-refractivity contribution in [2.75, 3.05) is 27.4 Å². The van der Waals surface area contributed by atoms with E-state index >= 15 is 0 Å². The Balaban J connectivity index is 1.08. The molecule has 3 unspecified atom stereocenters. The molecule has 0 radical (unpaired) electrons. The third kappa shape index (κ3) is 8.38. The monoisotopic (exact) mass is 788 g/mol. The van der Waals surface area contributed by atoms with E-state index in [4.69, 9.17) is 35.5 Å². The smallest absolute Gasteiger partial charge is 0.312 e. The molecular formula is C45H57ClN2O8. The highest BCUT2D eigenvalue weighted by atomic mass is 35.5. The number of fused-ring (bicyclic) bond motifs is 4. The maximum absolute atomic E-state index is 14.8. The summed E-state index contributed by atoms with van der Waals surface area (Å²) in [6.07, 6.45) is 15.1. The van der Waals surface area contributed by atoms with Gasteiger partial charge in [0.1, 0.15) is 23.5 Å². The number of halogens is 1. The fourth-order valence-corrected chi connectivity index (χ4v) is 10.2. The SMILES string of the molecule is COC(=O)[C@]12CC(=O)[C@@H]3C[C@H](Cc4cc(C5CC5)nc5c(Cl)c(OCC(C)OC)ccc45)CN3C(=O)[C@@H](CC(=O)OC3CC4CC4C3)CCCCC/C=C\[C@@H]1C2. The topological polar surface area (TPSA) is 121 Å². The second-order valence-electron chi connectivity index (χ2n) is 17.8. The lowest BCUT2D eigenvalue weighted by Gasteiger charge is -2.29. The Hall–Kier alpha value is -3.50. The number of amides is 1. The Bertz CT molecular complexity index is 1870. The summed E-state index contributed by atoms with van der Waals surface area (Å²) < 4.78 is 22.6. The number of hydrogen-bond donors (Lipinski definition) is 0. The summed E-state index contributed by atoms with van der Waals surface area (Å²) in [4.78, 5) is 62.8. The second kappa shape index (κ2) is 16.4. The van der Waals surface area contributed by atoms with Crippen molar-refractivity contribution in [3.05, 3.63) is 46.6 Å². The average Bonchev–Trinajstić information content (AvgIpc) is 4.16. The first kappa shape index (κ1) is 39.3. The summed E-state index contributed by atoms with van der Waals surface area (Å²) in [6, 6.07) is 5.37. The normalized spacial score (nSPS) is 32.7. The lowest BCUT2D eigenvalue weighted by atomic mass is 9.89. The van der Waals surface area contributed by atoms with Gasteiger partial charge in [0.25, 0.3) is 0 Å². The number of benzene rings is 1. The molecule has 0 bridgehead atoms. The fraction of sp³-hybridized carbons (Fsp3) is 0.667. The molecule has 0 spiro atoms. The van der Waals surface area contributed by atoms with Gasteiger partial charge < -0.3 is 23.8 Å². The highest BCUT2D eigenvalue weighted by Gasteiger charge is 2.61. The molecule has 1 aromatic heterocycles. The number of rotatable bonds is 11. The van der Waals surface area contributed by atoms with Gasteiger partial charge in [0.15, 0.2) is 5.78 Å². The van der Waals surface area contributed by atoms with Crippen LogP contribution in [0.15, 0.2) is 30.4 Å². The zero-order valence-electron chi connectivity index (χ0n) is 33.1. The number of carbonyl (C=O) groups is 4. The second-order valence-corrected chi connectivity index (χ2v) is 18.2. The van der Waals surface area contributed by atoms with Crippen molar-refractivity contribution in [1.29, 1.82) is 0 Å². The number of ether oxygens (including phenoxy) is 4. The molecule has 4 saturated carbocycles. The quantitative estimate of drug-likeness (QED) is 0.165. The third-order valence-electron chi connectivity index (χ3n) is 13.7. The fourth-order valence-electron chi connectivity index (χ4n) is 9.96. The summed E-state index contributed by atoms with van der Waals surface area (Å²) in [6.45, 7) is 2.67. The summed E-state index contributed by atoms with van der Waals surface area (Å²) in [7, 11) is 3.03. The highest BCUT2D eigenvalue weighted by molar-refractivity contribution is 6.36. The molecule has 8 rings (SSSR count). The van der Waals surface area contributed by atoms with Gasteiger partial charge >= 0.3 is 11.9 Å². The molecule has 11 heteroatoms. The summed E-state index contributed by atoms with van der Waals surface area (Å²) in [5.41, 5.74) is 1.87. The molecule has 3 heterocycles. The van der Waals surface area contributed by atoms with E-state index in [1.54, 1.807) is 12.0 Å². The first-order valence-electron chi connectivity index (χ1n) is 21.1. The molecule has 1 saturated heterocycles. The van der Waals surface area contributed by atoms with Crippen LogP contribution in [0, 0.1) is 35.0 Å². The Labute approximate surface area is 335 Å². The van der Waals surface area contributed by atoms with Crippen LogP contribution in [-0.4, -0.2) is 79.1 Å². The summed E-state index contributed by atoms with van der Waals surface area (Å²) in [5, 5.41) is 1.39. The minimum absolute atomic E-state index is 0.0205. The van der Waals surface area contributed by atoms with E-state index in [0.717, 1.165) is 68.0 Å². The number of ketones is 1. The maximum Gasteiger partial charge on any atom is 0.312 e. The summed E-state index contributed by atoms with van der Waals surface area (Å²) >= 11 is 7.00. The highest BCUT2D eigenvalue weighted by Crippen LogP contribution is 2.58. The molecule has 302 valence electrons. The van der Waals surface area contributed by atoms with E-state index in [2.05, 4.69) is 18.2 Å². The van der Waals surface area contributed by atoms with E-state index in [-0.39, 0.29) is 60.5 Å². The summed E-state index contributed by atoms with van der Waals surface area (Å²) in [5.74, 6) is 0.681. The van der Waals surface area contributed by atoms with Crippen molar-refractivity contribution in [2.45, 2.75) is 127 Å². The van der Waals surface area contributed by atoms with Gasteiger partial charge in [-0.05, 0) is 125 Å². The first-order chi connectivity index (χ1) is 27.1. The van der Waals surface area contributed by atoms with E-state index in [0.29, 0.717) is 72.9 Å². The first-order valence-corrected chi connectivity index (χ1v) is 21.5. The van der Waals surface area contributed by atoms with Gasteiger partial charge in [-0.1, -0.05) is 36.6 Å². The maximum atomic E-state index is 14.8. The van der Waals surface area contributed by atoms with Crippen molar-refractivity contribution in [3.63, 3.8) is 0 Å². The molecule has 2 aliphatic heterocycles. The van der Waals surface area contributed by atoms with Gasteiger partial charge in [0.05, 0.1) is 36.6 Å². The molecule has 1 amide bonds. The van der Waals surface area contributed by atoms with E-state index < -0.39 is 17.4 Å². The molecule has 0 N–H and O–H groups in total. The van der Waals surface area contributed by atoms with Gasteiger partial charge in [-0.2, -0.15) is 0 Å². The zero-order valence-corrected chi connectivity index (χ0v) is 33.9. The number of Topliss-reactive ketones (excluding diaryl/α,β-unsaturated/α-hetero) is 1. The van der Waals surface area contributed by atoms with Crippen LogP contribution < -0.4 is 4.74 Å². The largest absolute Gasteiger partial charge is 0.489 e. The van der Waals surface area contributed by atoms with Gasteiger partial charge in [0.2, 0.25) is 5.91 Å². The Morgan fingerprint density at radius 3 is 2.59 bits per heavy atom. The lowest BCUT2D eigenvalue weighted by molar-refractivity contribution is -0.154. The van der Waals surface area contributed by atoms with Crippen molar-refractivity contribution in [1.82, 2.24) is 9.88 Å². The van der Waals surface area contributed by atoms with Crippen LogP contribution in [0.3, 0.4) is 0 Å². The van der Waals surface area contributed by atoms with Crippen LogP contribution in [0.4, 0.5) is 0 Å². The number of aromatic nitrogens is 1. The standard InChI is InChI=1S/C45H57ClN2O8/c1-26(53-2)25-55-39-14-13-35-32(20-36(28-11-12-28)47-42(35)41(39)46)15-27-16-37-38(49)23-45(44(52)54-3)22-33(45)10-8-6-4-5-7-9-29(43(51)48(37)24-27)21-40(50)56-34-18-30-17-31(30)19-34/h8,10,13-14,20,26-31,33-34,37H,4-7,9,11-12,15-19,21-25H2,1-3H3/b10-8-/t26?,27-,29+,30?,31?,33+,34?,37-,45+/m0/s1. The molecule has 10 nitrogen and oxygen atoms in total. The van der Waals surface area contributed by atoms with Gasteiger partial charge in [-0.15, -0.1) is 0 Å². The molecule has 56 heavy (non-hydrogen) atoms. The van der Waals surface area contributed by atoms with Gasteiger partial charge in [-0.3, -0.25) is 24.2 Å². The Kier molecular flexibility index (Phi) is 11.5.